The fraction of sp³-hybridized carbons (Fsp3) is 0.308. The van der Waals surface area contributed by atoms with Crippen LogP contribution in [0.3, 0.4) is 0 Å². The zero-order valence-corrected chi connectivity index (χ0v) is 20.3. The number of nitrogens with one attached hydrogen (secondary N) is 1. The largest absolute Gasteiger partial charge is 0.493 e. The molecule has 188 valence electrons. The van der Waals surface area contributed by atoms with Gasteiger partial charge in [0.15, 0.2) is 0 Å². The second-order valence-corrected chi connectivity index (χ2v) is 7.15. The molecule has 7 nitrogen and oxygen atoms in total. The predicted molar refractivity (Wildman–Crippen MR) is 133 cm³/mol. The summed E-state index contributed by atoms with van der Waals surface area (Å²) in [5, 5.41) is 11.4. The van der Waals surface area contributed by atoms with E-state index in [4.69, 9.17) is 9.84 Å². The van der Waals surface area contributed by atoms with Gasteiger partial charge in [0.2, 0.25) is 0 Å². The number of carboxylic acid groups (broad SMARTS) is 1. The second kappa shape index (κ2) is 13.7. The molecule has 1 aliphatic heterocycles. The van der Waals surface area contributed by atoms with Gasteiger partial charge in [-0.25, -0.2) is 4.79 Å². The molecule has 2 aromatic carbocycles. The van der Waals surface area contributed by atoms with Gasteiger partial charge in [-0.2, -0.15) is 8.78 Å². The van der Waals surface area contributed by atoms with Crippen molar-refractivity contribution in [1.82, 2.24) is 4.98 Å². The van der Waals surface area contributed by atoms with E-state index in [1.807, 2.05) is 37.9 Å². The number of rotatable bonds is 6. The quantitative estimate of drug-likeness (QED) is 0.426. The molecule has 0 aliphatic carbocycles. The number of fused-ring (bicyclic) bond motifs is 1. The molecule has 0 spiro atoms. The lowest BCUT2D eigenvalue weighted by molar-refractivity contribution is -0.0498. The van der Waals surface area contributed by atoms with Crippen LogP contribution in [0.4, 0.5) is 25.8 Å². The molecule has 0 amide bonds. The Hall–Kier alpha value is -3.88. The van der Waals surface area contributed by atoms with Crippen LogP contribution in [-0.2, 0) is 6.42 Å². The third-order valence-electron chi connectivity index (χ3n) is 5.06. The van der Waals surface area contributed by atoms with Crippen LogP contribution in [0.1, 0.15) is 36.2 Å². The lowest BCUT2D eigenvalue weighted by atomic mass is 10.1. The van der Waals surface area contributed by atoms with Crippen molar-refractivity contribution < 1.29 is 28.2 Å². The lowest BCUT2D eigenvalue weighted by Gasteiger charge is -2.23. The van der Waals surface area contributed by atoms with Gasteiger partial charge < -0.3 is 24.8 Å². The van der Waals surface area contributed by atoms with Crippen molar-refractivity contribution in [3.8, 4) is 11.5 Å². The van der Waals surface area contributed by atoms with Gasteiger partial charge >= 0.3 is 12.6 Å². The van der Waals surface area contributed by atoms with Crippen LogP contribution in [0.15, 0.2) is 60.9 Å². The Balaban J connectivity index is 0.000000280. The van der Waals surface area contributed by atoms with Crippen LogP contribution < -0.4 is 19.7 Å². The van der Waals surface area contributed by atoms with Gasteiger partial charge in [0, 0.05) is 37.7 Å². The van der Waals surface area contributed by atoms with Gasteiger partial charge in [0.05, 0.1) is 24.1 Å². The maximum atomic E-state index is 12.2. The first-order valence-electron chi connectivity index (χ1n) is 11.3. The van der Waals surface area contributed by atoms with Crippen LogP contribution in [0.25, 0.3) is 0 Å². The standard InChI is InChI=1S/C17H17F2NO2.C7H8N2O2.C2H6/c1-20(13-6-8-15(9-7-13)22-17(18)19)14-5-4-12-3-2-10-21-16(12)11-14;1-8-6-4-9-3-2-5(6)7(10)11;1-2/h4-9,11,17H,2-3,10H2,1H3;2-4,8H,1H3,(H,10,11);1-2H3. The Labute approximate surface area is 204 Å². The van der Waals surface area contributed by atoms with Gasteiger partial charge in [-0.05, 0) is 54.8 Å². The number of hydrogen-bond donors (Lipinski definition) is 2. The van der Waals surface area contributed by atoms with E-state index in [1.54, 1.807) is 19.2 Å². The second-order valence-electron chi connectivity index (χ2n) is 7.15. The Bertz CT molecular complexity index is 1080. The van der Waals surface area contributed by atoms with E-state index in [0.29, 0.717) is 5.69 Å². The molecule has 1 aromatic heterocycles. The number of carboxylic acids is 1. The molecule has 0 bridgehead atoms. The highest BCUT2D eigenvalue weighted by atomic mass is 19.3. The fourth-order valence-corrected chi connectivity index (χ4v) is 3.32. The Kier molecular flexibility index (Phi) is 10.7. The molecule has 0 fully saturated rings. The third-order valence-corrected chi connectivity index (χ3v) is 5.06. The number of aromatic carboxylic acids is 1. The summed E-state index contributed by atoms with van der Waals surface area (Å²) in [7, 11) is 3.58. The first kappa shape index (κ1) is 27.4. The van der Waals surface area contributed by atoms with Gasteiger partial charge in [-0.15, -0.1) is 0 Å². The molecule has 35 heavy (non-hydrogen) atoms. The summed E-state index contributed by atoms with van der Waals surface area (Å²) >= 11 is 0. The summed E-state index contributed by atoms with van der Waals surface area (Å²) in [6.07, 6.45) is 5.01. The van der Waals surface area contributed by atoms with Crippen LogP contribution in [-0.4, -0.2) is 43.4 Å². The van der Waals surface area contributed by atoms with Crippen molar-refractivity contribution in [3.05, 3.63) is 72.1 Å². The number of alkyl halides is 2. The first-order valence-corrected chi connectivity index (χ1v) is 11.3. The van der Waals surface area contributed by atoms with E-state index in [2.05, 4.69) is 21.1 Å². The van der Waals surface area contributed by atoms with Crippen LogP contribution in [0, 0.1) is 0 Å². The van der Waals surface area contributed by atoms with Crippen LogP contribution in [0.2, 0.25) is 0 Å². The SMILES string of the molecule is CC.CN(c1ccc(OC(F)F)cc1)c1ccc2c(c1)OCCC2.CNc1cnccc1C(=O)O. The molecule has 2 N–H and O–H groups in total. The number of carbonyl (C=O) groups is 1. The summed E-state index contributed by atoms with van der Waals surface area (Å²) in [5.41, 5.74) is 3.87. The smallest absolute Gasteiger partial charge is 0.387 e. The predicted octanol–water partition coefficient (Wildman–Crippen LogP) is 6.23. The topological polar surface area (TPSA) is 83.9 Å². The molecule has 0 unspecified atom stereocenters. The fourth-order valence-electron chi connectivity index (χ4n) is 3.32. The van der Waals surface area contributed by atoms with E-state index in [9.17, 15) is 13.6 Å². The number of halogens is 2. The number of aromatic nitrogens is 1. The van der Waals surface area contributed by atoms with E-state index in [0.717, 1.165) is 36.6 Å². The van der Waals surface area contributed by atoms with Crippen molar-refractivity contribution in [2.75, 3.05) is 30.9 Å². The Morgan fingerprint density at radius 2 is 1.83 bits per heavy atom. The zero-order valence-electron chi connectivity index (χ0n) is 20.3. The summed E-state index contributed by atoms with van der Waals surface area (Å²) in [6, 6.07) is 14.1. The van der Waals surface area contributed by atoms with E-state index >= 15 is 0 Å². The minimum atomic E-state index is -2.80. The Morgan fingerprint density at radius 3 is 2.43 bits per heavy atom. The van der Waals surface area contributed by atoms with Crippen molar-refractivity contribution in [2.45, 2.75) is 33.3 Å². The molecule has 3 aromatic rings. The highest BCUT2D eigenvalue weighted by Gasteiger charge is 2.13. The molecule has 0 atom stereocenters. The molecular formula is C26H31F2N3O4. The highest BCUT2D eigenvalue weighted by Crippen LogP contribution is 2.32. The summed E-state index contributed by atoms with van der Waals surface area (Å²) < 4.78 is 34.4. The third kappa shape index (κ3) is 7.84. The number of benzene rings is 2. The molecule has 4 rings (SSSR count). The number of pyridine rings is 1. The number of ether oxygens (including phenoxy) is 2. The van der Waals surface area contributed by atoms with E-state index < -0.39 is 12.6 Å². The van der Waals surface area contributed by atoms with Gasteiger partial charge in [-0.3, -0.25) is 4.98 Å². The van der Waals surface area contributed by atoms with Crippen molar-refractivity contribution >= 4 is 23.0 Å². The van der Waals surface area contributed by atoms with Crippen molar-refractivity contribution in [1.29, 1.82) is 0 Å². The highest BCUT2D eigenvalue weighted by molar-refractivity contribution is 5.93. The molecular weight excluding hydrogens is 456 g/mol. The molecule has 1 aliphatic rings. The monoisotopic (exact) mass is 487 g/mol. The Morgan fingerprint density at radius 1 is 1.14 bits per heavy atom. The summed E-state index contributed by atoms with van der Waals surface area (Å²) in [5.74, 6) is 0.130. The zero-order chi connectivity index (χ0) is 25.8. The van der Waals surface area contributed by atoms with E-state index in [1.165, 1.54) is 36.2 Å². The van der Waals surface area contributed by atoms with Crippen molar-refractivity contribution in [3.63, 3.8) is 0 Å². The average Bonchev–Trinajstić information content (AvgIpc) is 2.89. The minimum absolute atomic E-state index is 0.154. The average molecular weight is 488 g/mol. The molecule has 2 heterocycles. The molecule has 0 radical (unpaired) electrons. The number of hydrogen-bond acceptors (Lipinski definition) is 6. The van der Waals surface area contributed by atoms with Gasteiger partial charge in [0.25, 0.3) is 0 Å². The number of aryl methyl sites for hydroxylation is 1. The molecule has 0 saturated heterocycles. The minimum Gasteiger partial charge on any atom is -0.493 e. The number of nitrogens with zero attached hydrogens (tertiary/aromatic N) is 2. The maximum Gasteiger partial charge on any atom is 0.387 e. The van der Waals surface area contributed by atoms with E-state index in [-0.39, 0.29) is 11.3 Å². The molecule has 0 saturated carbocycles. The van der Waals surface area contributed by atoms with Gasteiger partial charge in [0.1, 0.15) is 11.5 Å². The summed E-state index contributed by atoms with van der Waals surface area (Å²) in [6.45, 7) is 1.95. The van der Waals surface area contributed by atoms with Crippen LogP contribution in [0.5, 0.6) is 11.5 Å². The van der Waals surface area contributed by atoms with Crippen molar-refractivity contribution in [2.24, 2.45) is 0 Å². The first-order chi connectivity index (χ1) is 16.9. The summed E-state index contributed by atoms with van der Waals surface area (Å²) in [4.78, 5) is 16.3. The normalized spacial score (nSPS) is 11.5. The lowest BCUT2D eigenvalue weighted by Crippen LogP contribution is -2.12. The number of anilines is 3. The maximum absolute atomic E-state index is 12.2. The van der Waals surface area contributed by atoms with Crippen LogP contribution >= 0.6 is 0 Å². The molecule has 9 heteroatoms. The van der Waals surface area contributed by atoms with Gasteiger partial charge in [-0.1, -0.05) is 19.9 Å².